The zero-order chi connectivity index (χ0) is 24.5. The van der Waals surface area contributed by atoms with Crippen molar-refractivity contribution < 1.29 is 9.47 Å². The van der Waals surface area contributed by atoms with Gasteiger partial charge in [0.2, 0.25) is 0 Å². The summed E-state index contributed by atoms with van der Waals surface area (Å²) in [5, 5.41) is 4.20. The fraction of sp³-hybridized carbons (Fsp3) is 0.517. The van der Waals surface area contributed by atoms with Gasteiger partial charge in [0.1, 0.15) is 17.0 Å². The van der Waals surface area contributed by atoms with Gasteiger partial charge in [0.15, 0.2) is 0 Å². The first kappa shape index (κ1) is 27.2. The lowest BCUT2D eigenvalue weighted by Gasteiger charge is -2.41. The molecule has 2 rings (SSSR count). The third-order valence-electron chi connectivity index (χ3n) is 5.77. The van der Waals surface area contributed by atoms with Crippen LogP contribution in [0.3, 0.4) is 0 Å². The SMILES string of the molecule is CCN(C/C=C/C#CC(C)(C)C)Cc1cccc(OC(C)(C)C(C)(C)OCc2ccsc2)c1. The molecule has 2 aromatic rings. The summed E-state index contributed by atoms with van der Waals surface area (Å²) < 4.78 is 12.7. The van der Waals surface area contributed by atoms with E-state index in [9.17, 15) is 0 Å². The smallest absolute Gasteiger partial charge is 0.132 e. The summed E-state index contributed by atoms with van der Waals surface area (Å²) in [5.41, 5.74) is 1.51. The highest BCUT2D eigenvalue weighted by Gasteiger charge is 2.40. The largest absolute Gasteiger partial charge is 0.485 e. The maximum atomic E-state index is 6.46. The predicted molar refractivity (Wildman–Crippen MR) is 142 cm³/mol. The number of thiophene rings is 1. The van der Waals surface area contributed by atoms with Crippen molar-refractivity contribution in [2.24, 2.45) is 5.41 Å². The Kier molecular flexibility index (Phi) is 9.79. The number of allylic oxidation sites excluding steroid dienone is 1. The summed E-state index contributed by atoms with van der Waals surface area (Å²) in [6.45, 7) is 20.2. The second-order valence-corrected chi connectivity index (χ2v) is 11.2. The van der Waals surface area contributed by atoms with Crippen LogP contribution in [-0.2, 0) is 17.9 Å². The monoisotopic (exact) mass is 467 g/mol. The molecule has 0 amide bonds. The standard InChI is InChI=1S/C29H41NO2S/c1-9-30(18-12-10-11-17-27(2,3)4)21-24-14-13-15-26(20-24)32-29(7,8)28(5,6)31-22-25-16-19-33-23-25/h10,12-16,19-20,23H,9,18,21-22H2,1-8H3/b12-10+. The predicted octanol–water partition coefficient (Wildman–Crippen LogP) is 7.33. The molecule has 0 bridgehead atoms. The first-order valence-corrected chi connectivity index (χ1v) is 12.7. The van der Waals surface area contributed by atoms with Crippen LogP contribution in [0, 0.1) is 17.3 Å². The van der Waals surface area contributed by atoms with E-state index in [0.717, 1.165) is 25.4 Å². The average molecular weight is 468 g/mol. The van der Waals surface area contributed by atoms with E-state index in [1.165, 1.54) is 11.1 Å². The molecule has 0 saturated carbocycles. The van der Waals surface area contributed by atoms with E-state index < -0.39 is 11.2 Å². The zero-order valence-electron chi connectivity index (χ0n) is 21.7. The van der Waals surface area contributed by atoms with Crippen LogP contribution in [-0.4, -0.2) is 29.2 Å². The van der Waals surface area contributed by atoms with Gasteiger partial charge in [-0.3, -0.25) is 4.90 Å². The Bertz CT molecular complexity index is 940. The molecule has 0 N–H and O–H groups in total. The topological polar surface area (TPSA) is 21.7 Å². The summed E-state index contributed by atoms with van der Waals surface area (Å²) in [5.74, 6) is 7.26. The third kappa shape index (κ3) is 9.37. The normalized spacial score (nSPS) is 12.8. The number of hydrogen-bond donors (Lipinski definition) is 0. The molecule has 0 fully saturated rings. The highest BCUT2D eigenvalue weighted by Crippen LogP contribution is 2.32. The van der Waals surface area contributed by atoms with Crippen molar-refractivity contribution in [3.8, 4) is 17.6 Å². The Morgan fingerprint density at radius 1 is 1.00 bits per heavy atom. The van der Waals surface area contributed by atoms with Crippen molar-refractivity contribution in [1.82, 2.24) is 4.90 Å². The van der Waals surface area contributed by atoms with E-state index in [4.69, 9.17) is 9.47 Å². The third-order valence-corrected chi connectivity index (χ3v) is 6.50. The fourth-order valence-electron chi connectivity index (χ4n) is 3.02. The number of likely N-dealkylation sites (N-methyl/N-ethyl adjacent to an activating group) is 1. The molecule has 1 aromatic carbocycles. The molecule has 4 heteroatoms. The molecule has 0 aliphatic rings. The summed E-state index contributed by atoms with van der Waals surface area (Å²) in [4.78, 5) is 2.38. The van der Waals surface area contributed by atoms with Crippen LogP contribution >= 0.6 is 11.3 Å². The maximum Gasteiger partial charge on any atom is 0.132 e. The Balaban J connectivity index is 1.99. The van der Waals surface area contributed by atoms with Crippen molar-refractivity contribution >= 4 is 11.3 Å². The van der Waals surface area contributed by atoms with Crippen LogP contribution in [0.1, 0.15) is 66.5 Å². The van der Waals surface area contributed by atoms with Crippen LogP contribution in [0.2, 0.25) is 0 Å². The second kappa shape index (κ2) is 11.9. The van der Waals surface area contributed by atoms with Crippen LogP contribution < -0.4 is 4.74 Å². The summed E-state index contributed by atoms with van der Waals surface area (Å²) in [6, 6.07) is 10.5. The quantitative estimate of drug-likeness (QED) is 0.323. The average Bonchev–Trinajstić information content (AvgIpc) is 3.24. The van der Waals surface area contributed by atoms with Gasteiger partial charge in [-0.05, 0) is 101 Å². The van der Waals surface area contributed by atoms with Gasteiger partial charge in [0.25, 0.3) is 0 Å². The van der Waals surface area contributed by atoms with Gasteiger partial charge in [-0.2, -0.15) is 11.3 Å². The fourth-order valence-corrected chi connectivity index (χ4v) is 3.67. The van der Waals surface area contributed by atoms with E-state index in [-0.39, 0.29) is 5.41 Å². The van der Waals surface area contributed by atoms with Crippen LogP contribution in [0.5, 0.6) is 5.75 Å². The molecule has 0 radical (unpaired) electrons. The Hall–Kier alpha value is -2.06. The lowest BCUT2D eigenvalue weighted by atomic mass is 9.89. The highest BCUT2D eigenvalue weighted by atomic mass is 32.1. The lowest BCUT2D eigenvalue weighted by molar-refractivity contribution is -0.141. The lowest BCUT2D eigenvalue weighted by Crippen LogP contribution is -2.51. The molecule has 0 atom stereocenters. The molecule has 1 heterocycles. The summed E-state index contributed by atoms with van der Waals surface area (Å²) >= 11 is 1.69. The number of hydrogen-bond acceptors (Lipinski definition) is 4. The molecular weight excluding hydrogens is 426 g/mol. The van der Waals surface area contributed by atoms with Crippen molar-refractivity contribution in [3.05, 3.63) is 64.4 Å². The van der Waals surface area contributed by atoms with Crippen molar-refractivity contribution in [2.45, 2.75) is 79.7 Å². The first-order chi connectivity index (χ1) is 15.4. The van der Waals surface area contributed by atoms with Gasteiger partial charge in [-0.15, -0.1) is 0 Å². The molecule has 0 unspecified atom stereocenters. The van der Waals surface area contributed by atoms with Crippen LogP contribution in [0.25, 0.3) is 0 Å². The van der Waals surface area contributed by atoms with E-state index in [1.807, 2.05) is 12.1 Å². The molecule has 0 spiro atoms. The molecule has 1 aromatic heterocycles. The van der Waals surface area contributed by atoms with Crippen LogP contribution in [0.4, 0.5) is 0 Å². The zero-order valence-corrected chi connectivity index (χ0v) is 22.5. The van der Waals surface area contributed by atoms with Gasteiger partial charge >= 0.3 is 0 Å². The molecule has 0 aliphatic heterocycles. The van der Waals surface area contributed by atoms with Crippen molar-refractivity contribution in [1.29, 1.82) is 0 Å². The number of ether oxygens (including phenoxy) is 2. The minimum absolute atomic E-state index is 0.0342. The maximum absolute atomic E-state index is 6.46. The highest BCUT2D eigenvalue weighted by molar-refractivity contribution is 7.07. The molecule has 33 heavy (non-hydrogen) atoms. The van der Waals surface area contributed by atoms with Crippen molar-refractivity contribution in [3.63, 3.8) is 0 Å². The Morgan fingerprint density at radius 2 is 1.76 bits per heavy atom. The van der Waals surface area contributed by atoms with E-state index in [2.05, 4.69) is 113 Å². The minimum Gasteiger partial charge on any atom is -0.485 e. The Labute approximate surface area is 205 Å². The van der Waals surface area contributed by atoms with Gasteiger partial charge < -0.3 is 9.47 Å². The van der Waals surface area contributed by atoms with Gasteiger partial charge in [0, 0.05) is 18.5 Å². The Morgan fingerprint density at radius 3 is 2.39 bits per heavy atom. The van der Waals surface area contributed by atoms with E-state index in [1.54, 1.807) is 11.3 Å². The molecule has 0 aliphatic carbocycles. The number of nitrogens with zero attached hydrogens (tertiary/aromatic N) is 1. The number of benzene rings is 1. The van der Waals surface area contributed by atoms with Gasteiger partial charge in [-0.25, -0.2) is 0 Å². The van der Waals surface area contributed by atoms with Crippen molar-refractivity contribution in [2.75, 3.05) is 13.1 Å². The van der Waals surface area contributed by atoms with Gasteiger partial charge in [0.05, 0.1) is 6.61 Å². The first-order valence-electron chi connectivity index (χ1n) is 11.7. The van der Waals surface area contributed by atoms with Crippen LogP contribution in [0.15, 0.2) is 53.2 Å². The second-order valence-electron chi connectivity index (χ2n) is 10.4. The van der Waals surface area contributed by atoms with Gasteiger partial charge in [-0.1, -0.05) is 37.0 Å². The molecule has 0 saturated heterocycles. The summed E-state index contributed by atoms with van der Waals surface area (Å²) in [6.07, 6.45) is 4.10. The van der Waals surface area contributed by atoms with E-state index >= 15 is 0 Å². The number of rotatable bonds is 11. The molecule has 3 nitrogen and oxygen atoms in total. The molecular formula is C29H41NO2S. The minimum atomic E-state index is -0.499. The van der Waals surface area contributed by atoms with E-state index in [0.29, 0.717) is 6.61 Å². The molecule has 180 valence electrons. The summed E-state index contributed by atoms with van der Waals surface area (Å²) in [7, 11) is 0.